The summed E-state index contributed by atoms with van der Waals surface area (Å²) in [5.41, 5.74) is 0. The second kappa shape index (κ2) is 5.09. The molecule has 2 aliphatic rings. The fraction of sp³-hybridized carbons (Fsp3) is 0.800. The molecule has 0 aliphatic carbocycles. The number of ether oxygens (including phenoxy) is 3. The van der Waals surface area contributed by atoms with Crippen LogP contribution in [0.5, 0.6) is 0 Å². The minimum atomic E-state index is -0.939. The highest BCUT2D eigenvalue weighted by Crippen LogP contribution is 2.30. The summed E-state index contributed by atoms with van der Waals surface area (Å²) in [7, 11) is 0. The summed E-state index contributed by atoms with van der Waals surface area (Å²) < 4.78 is 15.6. The van der Waals surface area contributed by atoms with E-state index in [1.807, 2.05) is 13.8 Å². The fourth-order valence-electron chi connectivity index (χ4n) is 1.81. The molecule has 0 spiro atoms. The maximum atomic E-state index is 11.4. The Hall–Kier alpha value is -1.02. The van der Waals surface area contributed by atoms with Gasteiger partial charge in [0.15, 0.2) is 18.5 Å². The molecule has 17 heavy (non-hydrogen) atoms. The number of hydrogen-bond donors (Lipinski definition) is 1. The molecule has 0 bridgehead atoms. The summed E-state index contributed by atoms with van der Waals surface area (Å²) in [6.45, 7) is 3.41. The second-order valence-electron chi connectivity index (χ2n) is 4.26. The molecule has 2 heterocycles. The van der Waals surface area contributed by atoms with Crippen molar-refractivity contribution >= 4 is 11.8 Å². The Morgan fingerprint density at radius 3 is 2.47 bits per heavy atom. The Morgan fingerprint density at radius 2 is 1.94 bits per heavy atom. The van der Waals surface area contributed by atoms with Gasteiger partial charge in [-0.3, -0.25) is 4.79 Å². The van der Waals surface area contributed by atoms with Gasteiger partial charge >= 0.3 is 5.97 Å². The molecule has 0 aromatic heterocycles. The van der Waals surface area contributed by atoms with E-state index in [0.29, 0.717) is 0 Å². The van der Waals surface area contributed by atoms with Gasteiger partial charge < -0.3 is 24.8 Å². The van der Waals surface area contributed by atoms with Gasteiger partial charge in [-0.15, -0.1) is 0 Å². The first-order valence-corrected chi connectivity index (χ1v) is 5.21. The summed E-state index contributed by atoms with van der Waals surface area (Å²) in [6, 6.07) is 0. The summed E-state index contributed by atoms with van der Waals surface area (Å²) in [6.07, 6.45) is -3.05. The van der Waals surface area contributed by atoms with Crippen LogP contribution in [0.3, 0.4) is 0 Å². The van der Waals surface area contributed by atoms with Crippen LogP contribution in [0.1, 0.15) is 13.8 Å². The third-order valence-electron chi connectivity index (χ3n) is 2.68. The molecule has 3 N–H and O–H groups in total. The van der Waals surface area contributed by atoms with Crippen LogP contribution < -0.4 is 0 Å². The molecule has 2 aliphatic heterocycles. The number of ketones is 1. The largest absolute Gasteiger partial charge is 0.450 e. The molecule has 0 amide bonds. The van der Waals surface area contributed by atoms with Crippen molar-refractivity contribution in [3.05, 3.63) is 0 Å². The van der Waals surface area contributed by atoms with Crippen molar-refractivity contribution in [2.75, 3.05) is 6.61 Å². The van der Waals surface area contributed by atoms with Crippen molar-refractivity contribution in [2.45, 2.75) is 38.4 Å². The van der Waals surface area contributed by atoms with Crippen LogP contribution in [-0.4, -0.2) is 53.5 Å². The molecule has 0 saturated carbocycles. The molecular weight excluding hydrogens is 232 g/mol. The lowest BCUT2D eigenvalue weighted by Crippen LogP contribution is -2.52. The maximum Gasteiger partial charge on any atom is 0.378 e. The van der Waals surface area contributed by atoms with Crippen LogP contribution in [0.2, 0.25) is 0 Å². The van der Waals surface area contributed by atoms with Gasteiger partial charge in [0.1, 0.15) is 6.10 Å². The molecule has 98 valence electrons. The van der Waals surface area contributed by atoms with Crippen LogP contribution in [0, 0.1) is 5.92 Å². The third kappa shape index (κ3) is 2.32. The van der Waals surface area contributed by atoms with Crippen molar-refractivity contribution in [1.29, 1.82) is 0 Å². The lowest BCUT2D eigenvalue weighted by molar-refractivity contribution is -0.285. The standard InChI is InChI=1S/C10H14O6.H2O/c1-4(2)10-14-5(3-11)7-8(16-10)6(12)9(13)15-7;/h4-5,7-8,10-11H,3H2,1-2H3;1H2/t5-,7+,8+,10?;/m0./s1. The first kappa shape index (κ1) is 14.0. The highest BCUT2D eigenvalue weighted by molar-refractivity contribution is 6.37. The summed E-state index contributed by atoms with van der Waals surface area (Å²) in [5, 5.41) is 9.13. The summed E-state index contributed by atoms with van der Waals surface area (Å²) in [4.78, 5) is 22.5. The number of aliphatic hydroxyl groups is 1. The molecule has 0 aromatic rings. The molecule has 7 heteroatoms. The number of esters is 1. The molecule has 7 nitrogen and oxygen atoms in total. The zero-order chi connectivity index (χ0) is 11.9. The van der Waals surface area contributed by atoms with Gasteiger partial charge in [0, 0.05) is 5.92 Å². The van der Waals surface area contributed by atoms with Crippen LogP contribution in [0.15, 0.2) is 0 Å². The fourth-order valence-corrected chi connectivity index (χ4v) is 1.81. The van der Waals surface area contributed by atoms with Gasteiger partial charge in [-0.25, -0.2) is 4.79 Å². The van der Waals surface area contributed by atoms with E-state index in [9.17, 15) is 9.59 Å². The predicted octanol–water partition coefficient (Wildman–Crippen LogP) is -1.59. The average Bonchev–Trinajstić information content (AvgIpc) is 2.54. The highest BCUT2D eigenvalue weighted by Gasteiger charge is 2.53. The molecule has 2 saturated heterocycles. The van der Waals surface area contributed by atoms with E-state index in [0.717, 1.165) is 0 Å². The van der Waals surface area contributed by atoms with Crippen molar-refractivity contribution < 1.29 is 34.4 Å². The first-order valence-electron chi connectivity index (χ1n) is 5.21. The number of carbonyl (C=O) groups excluding carboxylic acids is 2. The lowest BCUT2D eigenvalue weighted by atomic mass is 10.0. The van der Waals surface area contributed by atoms with E-state index in [4.69, 9.17) is 19.3 Å². The van der Waals surface area contributed by atoms with Gasteiger partial charge in [-0.1, -0.05) is 13.8 Å². The topological polar surface area (TPSA) is 114 Å². The van der Waals surface area contributed by atoms with E-state index >= 15 is 0 Å². The van der Waals surface area contributed by atoms with Crippen LogP contribution in [-0.2, 0) is 23.8 Å². The van der Waals surface area contributed by atoms with Crippen LogP contribution in [0.25, 0.3) is 0 Å². The van der Waals surface area contributed by atoms with E-state index in [1.165, 1.54) is 0 Å². The number of hydrogen-bond acceptors (Lipinski definition) is 6. The van der Waals surface area contributed by atoms with Gasteiger partial charge in [-0.05, 0) is 0 Å². The van der Waals surface area contributed by atoms with E-state index < -0.39 is 36.4 Å². The minimum Gasteiger partial charge on any atom is -0.450 e. The number of fused-ring (bicyclic) bond motifs is 1. The Morgan fingerprint density at radius 1 is 1.29 bits per heavy atom. The average molecular weight is 248 g/mol. The normalized spacial score (nSPS) is 36.5. The molecule has 4 atom stereocenters. The molecular formula is C10H16O7. The summed E-state index contributed by atoms with van der Waals surface area (Å²) >= 11 is 0. The smallest absolute Gasteiger partial charge is 0.378 e. The van der Waals surface area contributed by atoms with Gasteiger partial charge in [0.2, 0.25) is 0 Å². The van der Waals surface area contributed by atoms with Crippen molar-refractivity contribution in [1.82, 2.24) is 0 Å². The number of carbonyl (C=O) groups is 2. The minimum absolute atomic E-state index is 0. The van der Waals surface area contributed by atoms with Crippen molar-refractivity contribution in [3.8, 4) is 0 Å². The maximum absolute atomic E-state index is 11.4. The third-order valence-corrected chi connectivity index (χ3v) is 2.68. The van der Waals surface area contributed by atoms with E-state index in [1.54, 1.807) is 0 Å². The first-order chi connectivity index (χ1) is 7.54. The Labute approximate surface area is 98.0 Å². The van der Waals surface area contributed by atoms with Gasteiger partial charge in [0.05, 0.1) is 6.61 Å². The van der Waals surface area contributed by atoms with Crippen LogP contribution >= 0.6 is 0 Å². The molecule has 2 rings (SSSR count). The Kier molecular flexibility index (Phi) is 4.21. The highest BCUT2D eigenvalue weighted by atomic mass is 16.7. The SMILES string of the molecule is CC(C)C1O[C@@H](CO)[C@H]2OC(=O)C(=O)[C@H]2O1.O. The zero-order valence-electron chi connectivity index (χ0n) is 9.58. The van der Waals surface area contributed by atoms with Crippen LogP contribution in [0.4, 0.5) is 0 Å². The van der Waals surface area contributed by atoms with Gasteiger partial charge in [-0.2, -0.15) is 0 Å². The number of aliphatic hydroxyl groups excluding tert-OH is 1. The molecule has 0 aromatic carbocycles. The quantitative estimate of drug-likeness (QED) is 0.465. The Bertz CT molecular complexity index is 314. The molecule has 2 fully saturated rings. The zero-order valence-corrected chi connectivity index (χ0v) is 9.58. The lowest BCUT2D eigenvalue weighted by Gasteiger charge is -2.37. The predicted molar refractivity (Wildman–Crippen MR) is 54.0 cm³/mol. The second-order valence-corrected chi connectivity index (χ2v) is 4.26. The summed E-state index contributed by atoms with van der Waals surface area (Å²) in [5.74, 6) is -1.59. The monoisotopic (exact) mass is 248 g/mol. The Balaban J connectivity index is 0.00000144. The van der Waals surface area contributed by atoms with E-state index in [-0.39, 0.29) is 18.0 Å². The van der Waals surface area contributed by atoms with Crippen molar-refractivity contribution in [2.24, 2.45) is 5.92 Å². The number of rotatable bonds is 2. The van der Waals surface area contributed by atoms with Crippen molar-refractivity contribution in [3.63, 3.8) is 0 Å². The van der Waals surface area contributed by atoms with E-state index in [2.05, 4.69) is 0 Å². The number of Topliss-reactive ketones (excluding diaryl/α,β-unsaturated/α-hetero) is 1. The molecule has 1 unspecified atom stereocenters. The molecule has 0 radical (unpaired) electrons. The van der Waals surface area contributed by atoms with Gasteiger partial charge in [0.25, 0.3) is 5.78 Å².